The van der Waals surface area contributed by atoms with Crippen molar-refractivity contribution in [1.29, 1.82) is 0 Å². The molecule has 5 rings (SSSR count). The normalized spacial score (nSPS) is 14.2. The van der Waals surface area contributed by atoms with Gasteiger partial charge in [-0.05, 0) is 37.1 Å². The fourth-order valence-electron chi connectivity index (χ4n) is 3.99. The van der Waals surface area contributed by atoms with Crippen LogP contribution in [-0.4, -0.2) is 24.7 Å². The Morgan fingerprint density at radius 1 is 1.09 bits per heavy atom. The minimum absolute atomic E-state index is 0.00342. The molecule has 0 N–H and O–H groups in total. The molecule has 0 unspecified atom stereocenters. The molecule has 1 saturated carbocycles. The first-order chi connectivity index (χ1) is 15.6. The third kappa shape index (κ3) is 3.89. The van der Waals surface area contributed by atoms with E-state index < -0.39 is 4.92 Å². The van der Waals surface area contributed by atoms with Gasteiger partial charge in [0.25, 0.3) is 11.2 Å². The SMILES string of the molecule is O=c1c2ccccc2nc(SCc2nnc(-c3ccc([N+](=O)[O-])cc3)o2)n1C1CCCC1. The van der Waals surface area contributed by atoms with E-state index in [2.05, 4.69) is 10.2 Å². The summed E-state index contributed by atoms with van der Waals surface area (Å²) < 4.78 is 7.57. The molecule has 1 fully saturated rings. The number of nitrogens with zero attached hydrogens (tertiary/aromatic N) is 5. The number of hydrogen-bond donors (Lipinski definition) is 0. The highest BCUT2D eigenvalue weighted by Crippen LogP contribution is 2.33. The first-order valence-corrected chi connectivity index (χ1v) is 11.3. The number of nitro benzene ring substituents is 1. The molecule has 162 valence electrons. The Balaban J connectivity index is 1.41. The van der Waals surface area contributed by atoms with Crippen molar-refractivity contribution in [2.75, 3.05) is 0 Å². The van der Waals surface area contributed by atoms with Crippen molar-refractivity contribution in [3.63, 3.8) is 0 Å². The lowest BCUT2D eigenvalue weighted by Crippen LogP contribution is -2.26. The molecule has 0 bridgehead atoms. The first kappa shape index (κ1) is 20.4. The van der Waals surface area contributed by atoms with E-state index in [-0.39, 0.29) is 23.2 Å². The van der Waals surface area contributed by atoms with Gasteiger partial charge in [-0.15, -0.1) is 10.2 Å². The van der Waals surface area contributed by atoms with Gasteiger partial charge in [-0.1, -0.05) is 36.7 Å². The van der Waals surface area contributed by atoms with Gasteiger partial charge in [0.1, 0.15) is 0 Å². The van der Waals surface area contributed by atoms with Gasteiger partial charge in [0.05, 0.1) is 21.6 Å². The maximum atomic E-state index is 13.2. The maximum absolute atomic E-state index is 13.2. The van der Waals surface area contributed by atoms with E-state index in [1.807, 2.05) is 28.8 Å². The molecule has 2 heterocycles. The summed E-state index contributed by atoms with van der Waals surface area (Å²) in [4.78, 5) is 28.3. The van der Waals surface area contributed by atoms with Crippen LogP contribution < -0.4 is 5.56 Å². The molecule has 10 heteroatoms. The smallest absolute Gasteiger partial charge is 0.269 e. The Morgan fingerprint density at radius 2 is 1.84 bits per heavy atom. The summed E-state index contributed by atoms with van der Waals surface area (Å²) in [5.41, 5.74) is 1.26. The number of aromatic nitrogens is 4. The molecule has 1 aliphatic rings. The van der Waals surface area contributed by atoms with Gasteiger partial charge in [0.2, 0.25) is 11.8 Å². The van der Waals surface area contributed by atoms with Crippen molar-refractivity contribution in [2.24, 2.45) is 0 Å². The van der Waals surface area contributed by atoms with Crippen LogP contribution in [0.3, 0.4) is 0 Å². The molecule has 1 aliphatic carbocycles. The molecule has 2 aromatic carbocycles. The van der Waals surface area contributed by atoms with Crippen LogP contribution in [0.25, 0.3) is 22.4 Å². The number of non-ortho nitro benzene ring substituents is 1. The van der Waals surface area contributed by atoms with E-state index in [4.69, 9.17) is 9.40 Å². The number of fused-ring (bicyclic) bond motifs is 1. The summed E-state index contributed by atoms with van der Waals surface area (Å²) in [6.07, 6.45) is 4.16. The van der Waals surface area contributed by atoms with E-state index in [0.29, 0.717) is 33.3 Å². The molecular weight excluding hydrogens is 430 g/mol. The van der Waals surface area contributed by atoms with Crippen LogP contribution >= 0.6 is 11.8 Å². The molecule has 2 aromatic heterocycles. The third-order valence-electron chi connectivity index (χ3n) is 5.58. The zero-order chi connectivity index (χ0) is 22.1. The predicted molar refractivity (Wildman–Crippen MR) is 119 cm³/mol. The Bertz CT molecular complexity index is 1340. The van der Waals surface area contributed by atoms with Gasteiger partial charge < -0.3 is 4.42 Å². The average molecular weight is 449 g/mol. The summed E-state index contributed by atoms with van der Waals surface area (Å²) in [6, 6.07) is 13.5. The lowest BCUT2D eigenvalue weighted by Gasteiger charge is -2.18. The number of benzene rings is 2. The van der Waals surface area contributed by atoms with Crippen molar-refractivity contribution in [1.82, 2.24) is 19.7 Å². The first-order valence-electron chi connectivity index (χ1n) is 10.3. The van der Waals surface area contributed by atoms with Crippen LogP contribution in [-0.2, 0) is 5.75 Å². The minimum atomic E-state index is -0.458. The fraction of sp³-hybridized carbons (Fsp3) is 0.273. The number of nitro groups is 1. The Hall–Kier alpha value is -3.53. The lowest BCUT2D eigenvalue weighted by molar-refractivity contribution is -0.384. The average Bonchev–Trinajstić information content (AvgIpc) is 3.50. The molecule has 0 saturated heterocycles. The third-order valence-corrected chi connectivity index (χ3v) is 6.52. The van der Waals surface area contributed by atoms with Gasteiger partial charge in [-0.3, -0.25) is 19.5 Å². The summed E-state index contributed by atoms with van der Waals surface area (Å²) in [5, 5.41) is 20.2. The van der Waals surface area contributed by atoms with E-state index in [0.717, 1.165) is 25.7 Å². The highest BCUT2D eigenvalue weighted by atomic mass is 32.2. The van der Waals surface area contributed by atoms with Crippen LogP contribution in [0.1, 0.15) is 37.6 Å². The second-order valence-corrected chi connectivity index (χ2v) is 8.56. The molecule has 32 heavy (non-hydrogen) atoms. The standard InChI is InChI=1S/C22H19N5O4S/c28-21-17-7-3-4-8-18(17)23-22(26(21)15-5-1-2-6-15)32-13-19-24-25-20(31-19)14-9-11-16(12-10-14)27(29)30/h3-4,7-12,15H,1-2,5-6,13H2. The monoisotopic (exact) mass is 449 g/mol. The van der Waals surface area contributed by atoms with Crippen molar-refractivity contribution in [3.05, 3.63) is 74.9 Å². The van der Waals surface area contributed by atoms with Crippen LogP contribution in [0.2, 0.25) is 0 Å². The fourth-order valence-corrected chi connectivity index (χ4v) is 4.90. The molecule has 0 amide bonds. The zero-order valence-electron chi connectivity index (χ0n) is 17.0. The summed E-state index contributed by atoms with van der Waals surface area (Å²) in [6.45, 7) is 0. The molecular formula is C22H19N5O4S. The zero-order valence-corrected chi connectivity index (χ0v) is 17.8. The number of thioether (sulfide) groups is 1. The van der Waals surface area contributed by atoms with Crippen molar-refractivity contribution in [2.45, 2.75) is 42.6 Å². The maximum Gasteiger partial charge on any atom is 0.269 e. The van der Waals surface area contributed by atoms with Gasteiger partial charge in [-0.2, -0.15) is 0 Å². The Kier molecular flexibility index (Phi) is 5.44. The largest absolute Gasteiger partial charge is 0.420 e. The van der Waals surface area contributed by atoms with Gasteiger partial charge in [0.15, 0.2) is 5.16 Å². The lowest BCUT2D eigenvalue weighted by atomic mass is 10.2. The summed E-state index contributed by atoms with van der Waals surface area (Å²) in [7, 11) is 0. The molecule has 0 radical (unpaired) electrons. The van der Waals surface area contributed by atoms with Gasteiger partial charge in [-0.25, -0.2) is 4.98 Å². The predicted octanol–water partition coefficient (Wildman–Crippen LogP) is 4.76. The number of rotatable bonds is 6. The van der Waals surface area contributed by atoms with Crippen LogP contribution in [0, 0.1) is 10.1 Å². The van der Waals surface area contributed by atoms with E-state index in [9.17, 15) is 14.9 Å². The second kappa shape index (κ2) is 8.54. The van der Waals surface area contributed by atoms with E-state index in [1.54, 1.807) is 12.1 Å². The van der Waals surface area contributed by atoms with Crippen molar-refractivity contribution in [3.8, 4) is 11.5 Å². The highest BCUT2D eigenvalue weighted by molar-refractivity contribution is 7.98. The quantitative estimate of drug-likeness (QED) is 0.179. The number of hydrogen-bond acceptors (Lipinski definition) is 8. The van der Waals surface area contributed by atoms with Crippen LogP contribution in [0.15, 0.2) is 62.9 Å². The Labute approximate surface area is 186 Å². The summed E-state index contributed by atoms with van der Waals surface area (Å²) >= 11 is 1.40. The number of para-hydroxylation sites is 1. The second-order valence-electron chi connectivity index (χ2n) is 7.62. The molecule has 0 atom stereocenters. The van der Waals surface area contributed by atoms with Gasteiger partial charge >= 0.3 is 0 Å². The van der Waals surface area contributed by atoms with Crippen molar-refractivity contribution < 1.29 is 9.34 Å². The van der Waals surface area contributed by atoms with E-state index in [1.165, 1.54) is 23.9 Å². The molecule has 4 aromatic rings. The minimum Gasteiger partial charge on any atom is -0.420 e. The highest BCUT2D eigenvalue weighted by Gasteiger charge is 2.23. The molecule has 0 aliphatic heterocycles. The van der Waals surface area contributed by atoms with Crippen molar-refractivity contribution >= 4 is 28.4 Å². The Morgan fingerprint density at radius 3 is 2.59 bits per heavy atom. The van der Waals surface area contributed by atoms with E-state index >= 15 is 0 Å². The van der Waals surface area contributed by atoms with Crippen LogP contribution in [0.4, 0.5) is 5.69 Å². The van der Waals surface area contributed by atoms with Gasteiger partial charge in [0, 0.05) is 23.7 Å². The molecule has 9 nitrogen and oxygen atoms in total. The van der Waals surface area contributed by atoms with Crippen LogP contribution in [0.5, 0.6) is 0 Å². The molecule has 0 spiro atoms. The summed E-state index contributed by atoms with van der Waals surface area (Å²) in [5.74, 6) is 1.04. The topological polar surface area (TPSA) is 117 Å².